The first-order valence-corrected chi connectivity index (χ1v) is 5.29. The van der Waals surface area contributed by atoms with Gasteiger partial charge in [-0.25, -0.2) is 0 Å². The molecule has 0 aromatic heterocycles. The van der Waals surface area contributed by atoms with E-state index in [2.05, 4.69) is 4.90 Å². The fraction of sp³-hybridized carbons (Fsp3) is 0.900. The molecule has 0 amide bonds. The van der Waals surface area contributed by atoms with Crippen molar-refractivity contribution in [2.45, 2.75) is 25.3 Å². The summed E-state index contributed by atoms with van der Waals surface area (Å²) >= 11 is 0. The molecule has 0 radical (unpaired) electrons. The molecule has 0 bridgehead atoms. The van der Waals surface area contributed by atoms with Crippen molar-refractivity contribution in [1.29, 1.82) is 0 Å². The molecule has 2 unspecified atom stereocenters. The summed E-state index contributed by atoms with van der Waals surface area (Å²) in [5.41, 5.74) is 0. The lowest BCUT2D eigenvalue weighted by Gasteiger charge is -2.21. The Hall–Kier alpha value is -0.610. The first kappa shape index (κ1) is 9.93. The number of carboxylic acids is 1. The molecule has 2 saturated heterocycles. The zero-order valence-corrected chi connectivity index (χ0v) is 8.32. The van der Waals surface area contributed by atoms with Crippen molar-refractivity contribution in [1.82, 2.24) is 4.90 Å². The Morgan fingerprint density at radius 3 is 3.00 bits per heavy atom. The van der Waals surface area contributed by atoms with Crippen LogP contribution in [-0.2, 0) is 9.53 Å². The molecule has 4 nitrogen and oxygen atoms in total. The molecule has 2 atom stereocenters. The van der Waals surface area contributed by atoms with Crippen LogP contribution >= 0.6 is 0 Å². The summed E-state index contributed by atoms with van der Waals surface area (Å²) in [6.45, 7) is 3.69. The van der Waals surface area contributed by atoms with Crippen LogP contribution in [0.1, 0.15) is 19.3 Å². The summed E-state index contributed by atoms with van der Waals surface area (Å²) in [6, 6.07) is 0.550. The number of ether oxygens (including phenoxy) is 1. The predicted octanol–water partition coefficient (Wildman–Crippen LogP) is 0.572. The molecular formula is C10H17NO3. The lowest BCUT2D eigenvalue weighted by Crippen LogP contribution is -2.33. The number of likely N-dealkylation sites (tertiary alicyclic amines) is 1. The van der Waals surface area contributed by atoms with Gasteiger partial charge in [-0.15, -0.1) is 0 Å². The average molecular weight is 199 g/mol. The third-order valence-corrected chi connectivity index (χ3v) is 3.20. The lowest BCUT2D eigenvalue weighted by molar-refractivity contribution is -0.138. The molecule has 4 heteroatoms. The Bertz CT molecular complexity index is 213. The van der Waals surface area contributed by atoms with Crippen molar-refractivity contribution in [3.05, 3.63) is 0 Å². The molecule has 0 saturated carbocycles. The zero-order chi connectivity index (χ0) is 9.97. The van der Waals surface area contributed by atoms with Crippen molar-refractivity contribution in [3.63, 3.8) is 0 Å². The molecule has 0 aromatic carbocycles. The smallest absolute Gasteiger partial charge is 0.303 e. The van der Waals surface area contributed by atoms with Gasteiger partial charge in [0.25, 0.3) is 0 Å². The fourth-order valence-electron chi connectivity index (χ4n) is 2.42. The number of aliphatic carboxylic acids is 1. The van der Waals surface area contributed by atoms with Gasteiger partial charge >= 0.3 is 5.97 Å². The Morgan fingerprint density at radius 1 is 1.50 bits per heavy atom. The molecule has 14 heavy (non-hydrogen) atoms. The average Bonchev–Trinajstić information content (AvgIpc) is 2.69. The van der Waals surface area contributed by atoms with Gasteiger partial charge in [-0.05, 0) is 25.3 Å². The van der Waals surface area contributed by atoms with Gasteiger partial charge in [-0.2, -0.15) is 0 Å². The highest BCUT2D eigenvalue weighted by molar-refractivity contribution is 5.67. The summed E-state index contributed by atoms with van der Waals surface area (Å²) in [6.07, 6.45) is 2.46. The van der Waals surface area contributed by atoms with Crippen molar-refractivity contribution in [2.75, 3.05) is 26.3 Å². The summed E-state index contributed by atoms with van der Waals surface area (Å²) in [5, 5.41) is 8.68. The Morgan fingerprint density at radius 2 is 2.36 bits per heavy atom. The molecule has 2 aliphatic rings. The number of carbonyl (C=O) groups is 1. The first-order chi connectivity index (χ1) is 6.75. The Labute approximate surface area is 83.8 Å². The van der Waals surface area contributed by atoms with E-state index >= 15 is 0 Å². The van der Waals surface area contributed by atoms with E-state index in [-0.39, 0.29) is 0 Å². The highest BCUT2D eigenvalue weighted by Gasteiger charge is 2.31. The number of hydrogen-bond donors (Lipinski definition) is 1. The van der Waals surface area contributed by atoms with E-state index in [1.807, 2.05) is 0 Å². The summed E-state index contributed by atoms with van der Waals surface area (Å²) in [4.78, 5) is 12.9. The van der Waals surface area contributed by atoms with Crippen molar-refractivity contribution in [3.8, 4) is 0 Å². The van der Waals surface area contributed by atoms with Crippen LogP contribution in [0.4, 0.5) is 0 Å². The van der Waals surface area contributed by atoms with Crippen molar-refractivity contribution >= 4 is 5.97 Å². The minimum absolute atomic E-state index is 0.323. The largest absolute Gasteiger partial charge is 0.481 e. The number of nitrogens with zero attached hydrogens (tertiary/aromatic N) is 1. The van der Waals surface area contributed by atoms with Crippen LogP contribution < -0.4 is 0 Å². The third kappa shape index (κ3) is 2.25. The molecule has 0 spiro atoms. The number of hydrogen-bond acceptors (Lipinski definition) is 3. The molecule has 1 N–H and O–H groups in total. The fourth-order valence-corrected chi connectivity index (χ4v) is 2.42. The highest BCUT2D eigenvalue weighted by atomic mass is 16.5. The van der Waals surface area contributed by atoms with E-state index < -0.39 is 5.97 Å². The van der Waals surface area contributed by atoms with E-state index in [9.17, 15) is 4.79 Å². The lowest BCUT2D eigenvalue weighted by atomic mass is 10.1. The molecule has 2 rings (SSSR count). The predicted molar refractivity (Wildman–Crippen MR) is 51.2 cm³/mol. The summed E-state index contributed by atoms with van der Waals surface area (Å²) in [7, 11) is 0. The minimum atomic E-state index is -0.667. The second kappa shape index (κ2) is 4.28. The van der Waals surface area contributed by atoms with Crippen LogP contribution in [0.3, 0.4) is 0 Å². The topological polar surface area (TPSA) is 49.8 Å². The second-order valence-corrected chi connectivity index (χ2v) is 4.26. The molecule has 2 heterocycles. The number of rotatable bonds is 3. The quantitative estimate of drug-likeness (QED) is 0.722. The molecule has 0 aliphatic carbocycles. The standard InChI is InChI=1S/C10H17NO3/c12-10(13)5-8-1-3-11(6-8)9-2-4-14-7-9/h8-9H,1-7H2,(H,12,13). The van der Waals surface area contributed by atoms with E-state index in [1.165, 1.54) is 0 Å². The van der Waals surface area contributed by atoms with Gasteiger partial charge in [0.15, 0.2) is 0 Å². The van der Waals surface area contributed by atoms with E-state index in [4.69, 9.17) is 9.84 Å². The normalized spacial score (nSPS) is 33.7. The van der Waals surface area contributed by atoms with Crippen LogP contribution in [0.25, 0.3) is 0 Å². The van der Waals surface area contributed by atoms with Gasteiger partial charge in [0.1, 0.15) is 0 Å². The van der Waals surface area contributed by atoms with Crippen molar-refractivity contribution in [2.24, 2.45) is 5.92 Å². The first-order valence-electron chi connectivity index (χ1n) is 5.29. The summed E-state index contributed by atoms with van der Waals surface area (Å²) < 4.78 is 5.33. The van der Waals surface area contributed by atoms with Gasteiger partial charge < -0.3 is 9.84 Å². The maximum Gasteiger partial charge on any atom is 0.303 e. The second-order valence-electron chi connectivity index (χ2n) is 4.26. The van der Waals surface area contributed by atoms with E-state index in [0.29, 0.717) is 18.4 Å². The molecule has 2 aliphatic heterocycles. The monoisotopic (exact) mass is 199 g/mol. The SMILES string of the molecule is O=C(O)CC1CCN(C2CCOC2)C1. The van der Waals surface area contributed by atoms with Crippen LogP contribution in [0.5, 0.6) is 0 Å². The maximum atomic E-state index is 10.5. The van der Waals surface area contributed by atoms with Crippen LogP contribution in [0.15, 0.2) is 0 Å². The minimum Gasteiger partial charge on any atom is -0.481 e. The zero-order valence-electron chi connectivity index (χ0n) is 8.32. The van der Waals surface area contributed by atoms with Gasteiger partial charge in [-0.1, -0.05) is 0 Å². The van der Waals surface area contributed by atoms with Gasteiger partial charge in [0.2, 0.25) is 0 Å². The number of carboxylic acid groups (broad SMARTS) is 1. The molecule has 2 fully saturated rings. The Balaban J connectivity index is 1.78. The molecular weight excluding hydrogens is 182 g/mol. The van der Waals surface area contributed by atoms with E-state index in [0.717, 1.165) is 39.1 Å². The molecule has 0 aromatic rings. The van der Waals surface area contributed by atoms with Gasteiger partial charge in [-0.3, -0.25) is 9.69 Å². The molecule has 80 valence electrons. The van der Waals surface area contributed by atoms with Gasteiger partial charge in [0, 0.05) is 25.6 Å². The van der Waals surface area contributed by atoms with Crippen LogP contribution in [-0.4, -0.2) is 48.3 Å². The van der Waals surface area contributed by atoms with Crippen LogP contribution in [0.2, 0.25) is 0 Å². The summed E-state index contributed by atoms with van der Waals surface area (Å²) in [5.74, 6) is -0.312. The highest BCUT2D eigenvalue weighted by Crippen LogP contribution is 2.24. The third-order valence-electron chi connectivity index (χ3n) is 3.20. The van der Waals surface area contributed by atoms with Crippen molar-refractivity contribution < 1.29 is 14.6 Å². The van der Waals surface area contributed by atoms with Gasteiger partial charge in [0.05, 0.1) is 6.61 Å². The van der Waals surface area contributed by atoms with Crippen LogP contribution in [0, 0.1) is 5.92 Å². The van der Waals surface area contributed by atoms with E-state index in [1.54, 1.807) is 0 Å². The maximum absolute atomic E-state index is 10.5. The Kier molecular flexibility index (Phi) is 3.03.